The monoisotopic (exact) mass is 482 g/mol. The molecule has 6 nitrogen and oxygen atoms in total. The van der Waals surface area contributed by atoms with Gasteiger partial charge in [0.1, 0.15) is 0 Å². The predicted octanol–water partition coefficient (Wildman–Crippen LogP) is 5.32. The highest BCUT2D eigenvalue weighted by atomic mass is 16.5. The molecule has 186 valence electrons. The van der Waals surface area contributed by atoms with Crippen molar-refractivity contribution in [2.75, 3.05) is 6.54 Å². The summed E-state index contributed by atoms with van der Waals surface area (Å²) in [4.78, 5) is 17.3. The number of nitrogens with one attached hydrogen (secondary N) is 2. The van der Waals surface area contributed by atoms with E-state index in [1.165, 1.54) is 44.8 Å². The van der Waals surface area contributed by atoms with Gasteiger partial charge in [-0.2, -0.15) is 0 Å². The number of hydrogen-bond donors (Lipinski definition) is 3. The van der Waals surface area contributed by atoms with E-state index < -0.39 is 5.91 Å². The van der Waals surface area contributed by atoms with Crippen LogP contribution < -0.4 is 5.48 Å². The first kappa shape index (κ1) is 24.1. The standard InChI is InChI=1S/C30H34N4O2/c1-3-22-17-31-18-25(22)20-34(15-14-24-19-33(2)28-7-5-4-6-26(24)28)29-12-10-23-16-21(8-11-27(23)29)9-13-30(35)32-36/h4-9,11,13,16-19,29,31,36H,3,10,12,14-15,20H2,1-2H3,(H,32,35). The number of hydroxylamine groups is 1. The molecule has 0 fully saturated rings. The Balaban J connectivity index is 1.41. The molecule has 0 radical (unpaired) electrons. The second-order valence-electron chi connectivity index (χ2n) is 9.68. The van der Waals surface area contributed by atoms with E-state index in [0.29, 0.717) is 6.04 Å². The van der Waals surface area contributed by atoms with Gasteiger partial charge in [-0.05, 0) is 71.2 Å². The number of hydrogen-bond acceptors (Lipinski definition) is 3. The Morgan fingerprint density at radius 3 is 2.86 bits per heavy atom. The summed E-state index contributed by atoms with van der Waals surface area (Å²) >= 11 is 0. The van der Waals surface area contributed by atoms with Gasteiger partial charge in [0.25, 0.3) is 5.91 Å². The van der Waals surface area contributed by atoms with Crippen molar-refractivity contribution in [2.45, 2.75) is 45.2 Å². The minimum Gasteiger partial charge on any atom is -0.367 e. The first-order valence-corrected chi connectivity index (χ1v) is 12.7. The summed E-state index contributed by atoms with van der Waals surface area (Å²) in [6, 6.07) is 15.5. The van der Waals surface area contributed by atoms with Gasteiger partial charge < -0.3 is 9.55 Å². The SMILES string of the molecule is CCc1c[nH]cc1CN(CCc1cn(C)c2ccccc12)C1CCc2cc(C=CC(=O)NO)ccc21. The number of fused-ring (bicyclic) bond motifs is 2. The molecule has 2 aromatic carbocycles. The lowest BCUT2D eigenvalue weighted by Crippen LogP contribution is -2.29. The second-order valence-corrected chi connectivity index (χ2v) is 9.68. The molecule has 5 rings (SSSR count). The third-order valence-electron chi connectivity index (χ3n) is 7.52. The van der Waals surface area contributed by atoms with E-state index in [9.17, 15) is 4.79 Å². The summed E-state index contributed by atoms with van der Waals surface area (Å²) in [6.45, 7) is 4.11. The zero-order chi connectivity index (χ0) is 25.1. The number of carbonyl (C=O) groups is 1. The second kappa shape index (κ2) is 10.6. The maximum Gasteiger partial charge on any atom is 0.267 e. The molecule has 0 bridgehead atoms. The molecule has 1 aliphatic rings. The van der Waals surface area contributed by atoms with Crippen molar-refractivity contribution in [1.29, 1.82) is 0 Å². The smallest absolute Gasteiger partial charge is 0.267 e. The third kappa shape index (κ3) is 4.87. The van der Waals surface area contributed by atoms with Crippen molar-refractivity contribution in [3.05, 3.63) is 101 Å². The molecule has 0 aliphatic heterocycles. The lowest BCUT2D eigenvalue weighted by molar-refractivity contribution is -0.124. The first-order valence-electron chi connectivity index (χ1n) is 12.7. The number of benzene rings is 2. The van der Waals surface area contributed by atoms with Crippen LogP contribution in [0.4, 0.5) is 0 Å². The van der Waals surface area contributed by atoms with Crippen LogP contribution in [0.25, 0.3) is 17.0 Å². The summed E-state index contributed by atoms with van der Waals surface area (Å²) in [5.41, 5.74) is 10.8. The summed E-state index contributed by atoms with van der Waals surface area (Å²) in [7, 11) is 2.13. The Hall–Kier alpha value is -3.61. The molecular weight excluding hydrogens is 448 g/mol. The van der Waals surface area contributed by atoms with Crippen LogP contribution in [0.5, 0.6) is 0 Å². The number of aryl methyl sites for hydroxylation is 3. The lowest BCUT2D eigenvalue weighted by atomic mass is 10.0. The average molecular weight is 483 g/mol. The highest BCUT2D eigenvalue weighted by Gasteiger charge is 2.28. The topological polar surface area (TPSA) is 73.3 Å². The third-order valence-corrected chi connectivity index (χ3v) is 7.52. The van der Waals surface area contributed by atoms with Crippen LogP contribution >= 0.6 is 0 Å². The van der Waals surface area contributed by atoms with Crippen molar-refractivity contribution >= 4 is 22.9 Å². The van der Waals surface area contributed by atoms with Gasteiger partial charge in [0, 0.05) is 61.7 Å². The van der Waals surface area contributed by atoms with Crippen molar-refractivity contribution in [2.24, 2.45) is 7.05 Å². The Bertz CT molecular complexity index is 1400. The van der Waals surface area contributed by atoms with E-state index in [1.54, 1.807) is 11.6 Å². The van der Waals surface area contributed by atoms with Crippen LogP contribution in [0.1, 0.15) is 52.8 Å². The van der Waals surface area contributed by atoms with Crippen molar-refractivity contribution in [1.82, 2.24) is 19.9 Å². The van der Waals surface area contributed by atoms with Gasteiger partial charge >= 0.3 is 0 Å². The normalized spacial score (nSPS) is 15.3. The zero-order valence-electron chi connectivity index (χ0n) is 21.0. The quantitative estimate of drug-likeness (QED) is 0.172. The number of carbonyl (C=O) groups excluding carboxylic acids is 1. The number of aromatic nitrogens is 2. The summed E-state index contributed by atoms with van der Waals surface area (Å²) in [6.07, 6.45) is 13.8. The van der Waals surface area contributed by atoms with Gasteiger partial charge in [-0.3, -0.25) is 14.9 Å². The van der Waals surface area contributed by atoms with Crippen molar-refractivity contribution < 1.29 is 10.0 Å². The lowest BCUT2D eigenvalue weighted by Gasteiger charge is -2.30. The predicted molar refractivity (Wildman–Crippen MR) is 144 cm³/mol. The molecule has 6 heteroatoms. The first-order chi connectivity index (χ1) is 17.6. The van der Waals surface area contributed by atoms with Gasteiger partial charge in [-0.15, -0.1) is 0 Å². The van der Waals surface area contributed by atoms with E-state index in [4.69, 9.17) is 5.21 Å². The van der Waals surface area contributed by atoms with E-state index >= 15 is 0 Å². The van der Waals surface area contributed by atoms with Crippen LogP contribution in [0.2, 0.25) is 0 Å². The van der Waals surface area contributed by atoms with Gasteiger partial charge in [0.15, 0.2) is 0 Å². The molecule has 1 unspecified atom stereocenters. The maximum absolute atomic E-state index is 11.4. The maximum atomic E-state index is 11.4. The molecule has 0 saturated heterocycles. The highest BCUT2D eigenvalue weighted by Crippen LogP contribution is 2.38. The fraction of sp³-hybridized carbons (Fsp3) is 0.300. The summed E-state index contributed by atoms with van der Waals surface area (Å²) in [5.74, 6) is -0.522. The number of amides is 1. The molecule has 3 N–H and O–H groups in total. The molecule has 4 aromatic rings. The molecule has 1 amide bonds. The van der Waals surface area contributed by atoms with Crippen LogP contribution in [0, 0.1) is 0 Å². The molecule has 0 spiro atoms. The summed E-state index contributed by atoms with van der Waals surface area (Å²) in [5, 5.41) is 10.1. The molecule has 1 aliphatic carbocycles. The Morgan fingerprint density at radius 1 is 1.19 bits per heavy atom. The number of rotatable bonds is 9. The largest absolute Gasteiger partial charge is 0.367 e. The van der Waals surface area contributed by atoms with E-state index in [1.807, 2.05) is 0 Å². The van der Waals surface area contributed by atoms with Gasteiger partial charge in [0.05, 0.1) is 0 Å². The van der Waals surface area contributed by atoms with Crippen LogP contribution in [-0.4, -0.2) is 32.1 Å². The van der Waals surface area contributed by atoms with Gasteiger partial charge in [-0.25, -0.2) is 5.48 Å². The van der Waals surface area contributed by atoms with Gasteiger partial charge in [-0.1, -0.05) is 43.3 Å². The molecule has 2 heterocycles. The zero-order valence-corrected chi connectivity index (χ0v) is 21.0. The van der Waals surface area contributed by atoms with Crippen LogP contribution in [0.15, 0.2) is 67.1 Å². The minimum absolute atomic E-state index is 0.355. The van der Waals surface area contributed by atoms with E-state index in [0.717, 1.165) is 44.3 Å². The fourth-order valence-corrected chi connectivity index (χ4v) is 5.66. The number of H-pyrrole nitrogens is 1. The minimum atomic E-state index is -0.522. The van der Waals surface area contributed by atoms with Crippen molar-refractivity contribution in [3.8, 4) is 0 Å². The Labute approximate surface area is 212 Å². The van der Waals surface area contributed by atoms with E-state index in [2.05, 4.69) is 89.5 Å². The summed E-state index contributed by atoms with van der Waals surface area (Å²) < 4.78 is 2.23. The molecular formula is C30H34N4O2. The number of nitrogens with zero attached hydrogens (tertiary/aromatic N) is 2. The average Bonchev–Trinajstić information content (AvgIpc) is 3.62. The Morgan fingerprint density at radius 2 is 2.03 bits per heavy atom. The van der Waals surface area contributed by atoms with Crippen LogP contribution in [-0.2, 0) is 37.6 Å². The number of para-hydroxylation sites is 1. The highest BCUT2D eigenvalue weighted by molar-refractivity contribution is 5.90. The molecule has 36 heavy (non-hydrogen) atoms. The molecule has 1 atom stereocenters. The fourth-order valence-electron chi connectivity index (χ4n) is 5.66. The molecule has 0 saturated carbocycles. The van der Waals surface area contributed by atoms with Gasteiger partial charge in [0.2, 0.25) is 0 Å². The number of aromatic amines is 1. The Kier molecular flexibility index (Phi) is 7.07. The van der Waals surface area contributed by atoms with E-state index in [-0.39, 0.29) is 0 Å². The van der Waals surface area contributed by atoms with Crippen LogP contribution in [0.3, 0.4) is 0 Å². The molecule has 2 aromatic heterocycles. The van der Waals surface area contributed by atoms with Crippen molar-refractivity contribution in [3.63, 3.8) is 0 Å².